The molecule has 0 saturated carbocycles. The summed E-state index contributed by atoms with van der Waals surface area (Å²) in [5, 5.41) is 4.18. The zero-order chi connectivity index (χ0) is 14.6. The Kier molecular flexibility index (Phi) is 2.96. The van der Waals surface area contributed by atoms with E-state index in [9.17, 15) is 39.5 Å². The van der Waals surface area contributed by atoms with Crippen LogP contribution < -0.4 is 0 Å². The lowest BCUT2D eigenvalue weighted by molar-refractivity contribution is -0.265. The molecule has 0 radical (unpaired) electrons. The molecular formula is C7H3F9N2. The normalized spacial score (nSPS) is 26.1. The number of azo groups is 1. The molecule has 104 valence electrons. The second kappa shape index (κ2) is 3.60. The molecule has 1 atom stereocenters. The van der Waals surface area contributed by atoms with Crippen LogP contribution >= 0.6 is 0 Å². The Labute approximate surface area is 93.2 Å². The minimum absolute atomic E-state index is 0.0821. The summed E-state index contributed by atoms with van der Waals surface area (Å²) in [7, 11) is 0. The molecule has 0 fully saturated rings. The van der Waals surface area contributed by atoms with E-state index in [2.05, 4.69) is 5.11 Å². The van der Waals surface area contributed by atoms with Crippen molar-refractivity contribution in [3.63, 3.8) is 0 Å². The van der Waals surface area contributed by atoms with Gasteiger partial charge in [-0.3, -0.25) is 0 Å². The Morgan fingerprint density at radius 1 is 0.944 bits per heavy atom. The van der Waals surface area contributed by atoms with Crippen molar-refractivity contribution in [1.29, 1.82) is 0 Å². The molecule has 0 spiro atoms. The maximum atomic E-state index is 13.2. The van der Waals surface area contributed by atoms with Crippen molar-refractivity contribution in [2.45, 2.75) is 31.0 Å². The Morgan fingerprint density at radius 3 is 1.72 bits per heavy atom. The number of rotatable bonds is 1. The van der Waals surface area contributed by atoms with E-state index in [1.807, 2.05) is 5.11 Å². The quantitative estimate of drug-likeness (QED) is 0.511. The molecule has 0 aromatic heterocycles. The van der Waals surface area contributed by atoms with Gasteiger partial charge < -0.3 is 0 Å². The Hall–Kier alpha value is -1.29. The maximum Gasteiger partial charge on any atom is 0.459 e. The van der Waals surface area contributed by atoms with Crippen LogP contribution in [0.5, 0.6) is 0 Å². The highest BCUT2D eigenvalue weighted by Crippen LogP contribution is 2.52. The van der Waals surface area contributed by atoms with Gasteiger partial charge in [0.05, 0.1) is 0 Å². The smallest absolute Gasteiger partial charge is 0.211 e. The molecule has 0 aliphatic carbocycles. The van der Waals surface area contributed by atoms with E-state index in [-0.39, 0.29) is 6.92 Å². The van der Waals surface area contributed by atoms with Crippen LogP contribution in [-0.2, 0) is 0 Å². The summed E-state index contributed by atoms with van der Waals surface area (Å²) >= 11 is 0. The molecule has 2 nitrogen and oxygen atoms in total. The third-order valence-electron chi connectivity index (χ3n) is 1.97. The number of hydrogen-bond donors (Lipinski definition) is 0. The first-order valence-electron chi connectivity index (χ1n) is 4.10. The number of allylic oxidation sites excluding steroid dienone is 1. The fraction of sp³-hybridized carbons (Fsp3) is 0.714. The van der Waals surface area contributed by atoms with Crippen molar-refractivity contribution in [3.8, 4) is 0 Å². The van der Waals surface area contributed by atoms with E-state index in [1.54, 1.807) is 0 Å². The summed E-state index contributed by atoms with van der Waals surface area (Å²) in [6, 6.07) is 0. The van der Waals surface area contributed by atoms with E-state index in [0.717, 1.165) is 0 Å². The number of alkyl halides is 9. The van der Waals surface area contributed by atoms with Gasteiger partial charge in [0, 0.05) is 0 Å². The van der Waals surface area contributed by atoms with Crippen LogP contribution in [-0.4, -0.2) is 24.1 Å². The zero-order valence-electron chi connectivity index (χ0n) is 8.30. The average Bonchev–Trinajstić information content (AvgIpc) is 2.38. The standard InChI is InChI=1S/C7H3F9N2/c1-4(8)2(6(11,12)13)3(17-18-4)5(9,10)7(14,15)16/h1H3. The van der Waals surface area contributed by atoms with Gasteiger partial charge in [-0.25, -0.2) is 4.39 Å². The molecule has 1 aliphatic heterocycles. The van der Waals surface area contributed by atoms with Crippen molar-refractivity contribution in [1.82, 2.24) is 0 Å². The second-order valence-corrected chi connectivity index (χ2v) is 3.45. The van der Waals surface area contributed by atoms with Crippen LogP contribution in [0.3, 0.4) is 0 Å². The van der Waals surface area contributed by atoms with Gasteiger partial charge in [-0.15, -0.1) is 10.2 Å². The average molecular weight is 286 g/mol. The van der Waals surface area contributed by atoms with Crippen LogP contribution in [0.15, 0.2) is 21.5 Å². The van der Waals surface area contributed by atoms with Crippen LogP contribution in [0, 0.1) is 0 Å². The van der Waals surface area contributed by atoms with Crippen molar-refractivity contribution < 1.29 is 39.5 Å². The van der Waals surface area contributed by atoms with Crippen molar-refractivity contribution >= 4 is 0 Å². The van der Waals surface area contributed by atoms with E-state index in [0.29, 0.717) is 0 Å². The first-order valence-corrected chi connectivity index (χ1v) is 4.10. The van der Waals surface area contributed by atoms with Gasteiger partial charge in [-0.05, 0) is 6.92 Å². The summed E-state index contributed by atoms with van der Waals surface area (Å²) in [6.45, 7) is 0.0821. The minimum atomic E-state index is -6.34. The number of nitrogens with zero attached hydrogens (tertiary/aromatic N) is 2. The molecule has 0 bridgehead atoms. The Balaban J connectivity index is 3.50. The largest absolute Gasteiger partial charge is 0.459 e. The van der Waals surface area contributed by atoms with E-state index in [4.69, 9.17) is 0 Å². The molecule has 0 aromatic rings. The second-order valence-electron chi connectivity index (χ2n) is 3.45. The van der Waals surface area contributed by atoms with E-state index >= 15 is 0 Å². The summed E-state index contributed by atoms with van der Waals surface area (Å²) in [4.78, 5) is 0. The molecular weight excluding hydrogens is 283 g/mol. The molecule has 0 aromatic carbocycles. The van der Waals surface area contributed by atoms with Crippen LogP contribution in [0.4, 0.5) is 39.5 Å². The molecule has 1 unspecified atom stereocenters. The molecule has 0 N–H and O–H groups in total. The zero-order valence-corrected chi connectivity index (χ0v) is 8.30. The first kappa shape index (κ1) is 14.8. The lowest BCUT2D eigenvalue weighted by atomic mass is 10.0. The van der Waals surface area contributed by atoms with E-state index < -0.39 is 35.3 Å². The third-order valence-corrected chi connectivity index (χ3v) is 1.97. The topological polar surface area (TPSA) is 24.7 Å². The van der Waals surface area contributed by atoms with Crippen molar-refractivity contribution in [3.05, 3.63) is 11.3 Å². The fourth-order valence-corrected chi connectivity index (χ4v) is 1.21. The van der Waals surface area contributed by atoms with E-state index in [1.165, 1.54) is 0 Å². The molecule has 1 aliphatic rings. The Bertz CT molecular complexity index is 412. The molecule has 11 heteroatoms. The molecule has 1 rings (SSSR count). The summed E-state index contributed by atoms with van der Waals surface area (Å²) in [5.41, 5.74) is -5.52. The third kappa shape index (κ3) is 2.17. The van der Waals surface area contributed by atoms with Gasteiger partial charge in [0.25, 0.3) is 0 Å². The van der Waals surface area contributed by atoms with Crippen molar-refractivity contribution in [2.24, 2.45) is 10.2 Å². The highest BCUT2D eigenvalue weighted by molar-refractivity contribution is 5.35. The van der Waals surface area contributed by atoms with Gasteiger partial charge in [-0.2, -0.15) is 35.1 Å². The van der Waals surface area contributed by atoms with Gasteiger partial charge in [0.1, 0.15) is 5.57 Å². The van der Waals surface area contributed by atoms with Gasteiger partial charge in [0.2, 0.25) is 5.79 Å². The summed E-state index contributed by atoms with van der Waals surface area (Å²) in [5.74, 6) is -9.71. The highest BCUT2D eigenvalue weighted by atomic mass is 19.4. The fourth-order valence-electron chi connectivity index (χ4n) is 1.21. The van der Waals surface area contributed by atoms with Crippen LogP contribution in [0.2, 0.25) is 0 Å². The molecule has 18 heavy (non-hydrogen) atoms. The SMILES string of the molecule is CC1(F)N=NC(C(F)(F)C(F)(F)F)=C1C(F)(F)F. The monoisotopic (exact) mass is 286 g/mol. The van der Waals surface area contributed by atoms with Gasteiger partial charge in [-0.1, -0.05) is 0 Å². The highest BCUT2D eigenvalue weighted by Gasteiger charge is 2.67. The predicted octanol–water partition coefficient (Wildman–Crippen LogP) is 4.15. The van der Waals surface area contributed by atoms with Gasteiger partial charge >= 0.3 is 18.3 Å². The lowest BCUT2D eigenvalue weighted by Crippen LogP contribution is -2.40. The van der Waals surface area contributed by atoms with Gasteiger partial charge in [0.15, 0.2) is 5.70 Å². The first-order chi connectivity index (χ1) is 7.71. The number of halogens is 9. The van der Waals surface area contributed by atoms with Crippen molar-refractivity contribution in [2.75, 3.05) is 0 Å². The number of hydrogen-bond acceptors (Lipinski definition) is 2. The summed E-state index contributed by atoms with van der Waals surface area (Å²) < 4.78 is 111. The maximum absolute atomic E-state index is 13.2. The molecule has 1 heterocycles. The van der Waals surface area contributed by atoms with Crippen LogP contribution in [0.25, 0.3) is 0 Å². The molecule has 0 amide bonds. The molecule has 0 saturated heterocycles. The minimum Gasteiger partial charge on any atom is -0.211 e. The predicted molar refractivity (Wildman–Crippen MR) is 38.5 cm³/mol. The summed E-state index contributed by atoms with van der Waals surface area (Å²) in [6.07, 6.45) is -12.1. The Morgan fingerprint density at radius 2 is 1.39 bits per heavy atom. The lowest BCUT2D eigenvalue weighted by Gasteiger charge is -2.22. The van der Waals surface area contributed by atoms with Crippen LogP contribution in [0.1, 0.15) is 6.92 Å².